The van der Waals surface area contributed by atoms with Crippen LogP contribution in [-0.4, -0.2) is 10.9 Å². The third-order valence-electron chi connectivity index (χ3n) is 2.56. The molecule has 1 amide bonds. The Morgan fingerprint density at radius 3 is 2.61 bits per heavy atom. The van der Waals surface area contributed by atoms with E-state index in [1.165, 1.54) is 0 Å². The van der Waals surface area contributed by atoms with Crippen LogP contribution in [0.15, 0.2) is 27.3 Å². The van der Waals surface area contributed by atoms with Gasteiger partial charge < -0.3 is 9.73 Å². The molecule has 1 N–H and O–H groups in total. The van der Waals surface area contributed by atoms with Crippen LogP contribution in [-0.2, 0) is 0 Å². The summed E-state index contributed by atoms with van der Waals surface area (Å²) < 4.78 is 5.74. The van der Waals surface area contributed by atoms with Crippen LogP contribution in [0.2, 0.25) is 0 Å². The van der Waals surface area contributed by atoms with Gasteiger partial charge in [0.05, 0.1) is 11.4 Å². The standard InChI is InChI=1S/C13H13BrN2O2/c1-7-6-8(2)15-9(3)12(7)16-13(17)10-4-5-11(14)18-10/h4-6H,1-3H3,(H,16,17). The number of hydrogen-bond acceptors (Lipinski definition) is 3. The number of halogens is 1. The van der Waals surface area contributed by atoms with Crippen LogP contribution in [0.5, 0.6) is 0 Å². The maximum Gasteiger partial charge on any atom is 0.291 e. The molecule has 0 saturated heterocycles. The van der Waals surface area contributed by atoms with E-state index in [4.69, 9.17) is 4.42 Å². The molecule has 0 aliphatic rings. The molecule has 0 aromatic carbocycles. The highest BCUT2D eigenvalue weighted by atomic mass is 79.9. The largest absolute Gasteiger partial charge is 0.444 e. The van der Waals surface area contributed by atoms with E-state index in [1.807, 2.05) is 26.8 Å². The monoisotopic (exact) mass is 308 g/mol. The van der Waals surface area contributed by atoms with Crippen LogP contribution >= 0.6 is 15.9 Å². The molecule has 0 aliphatic carbocycles. The minimum absolute atomic E-state index is 0.265. The third kappa shape index (κ3) is 2.61. The lowest BCUT2D eigenvalue weighted by Gasteiger charge is -2.10. The number of nitrogens with one attached hydrogen (secondary N) is 1. The summed E-state index contributed by atoms with van der Waals surface area (Å²) in [6, 6.07) is 5.23. The Morgan fingerprint density at radius 1 is 1.33 bits per heavy atom. The average Bonchev–Trinajstić information content (AvgIpc) is 2.70. The van der Waals surface area contributed by atoms with Gasteiger partial charge in [-0.3, -0.25) is 9.78 Å². The van der Waals surface area contributed by atoms with Crippen molar-refractivity contribution in [2.45, 2.75) is 20.8 Å². The molecule has 0 spiro atoms. The van der Waals surface area contributed by atoms with Gasteiger partial charge in [-0.2, -0.15) is 0 Å². The quantitative estimate of drug-likeness (QED) is 0.922. The van der Waals surface area contributed by atoms with Gasteiger partial charge in [-0.05, 0) is 60.5 Å². The van der Waals surface area contributed by atoms with Crippen molar-refractivity contribution < 1.29 is 9.21 Å². The minimum atomic E-state index is -0.280. The van der Waals surface area contributed by atoms with E-state index >= 15 is 0 Å². The number of furan rings is 1. The van der Waals surface area contributed by atoms with Crippen molar-refractivity contribution in [2.24, 2.45) is 0 Å². The topological polar surface area (TPSA) is 55.1 Å². The lowest BCUT2D eigenvalue weighted by molar-refractivity contribution is 0.0995. The first-order valence-corrected chi connectivity index (χ1v) is 6.28. The number of aromatic nitrogens is 1. The van der Waals surface area contributed by atoms with Gasteiger partial charge in [-0.15, -0.1) is 0 Å². The summed E-state index contributed by atoms with van der Waals surface area (Å²) in [7, 11) is 0. The van der Waals surface area contributed by atoms with Gasteiger partial charge in [0.15, 0.2) is 10.4 Å². The molecule has 5 heteroatoms. The van der Waals surface area contributed by atoms with Crippen molar-refractivity contribution >= 4 is 27.5 Å². The zero-order valence-electron chi connectivity index (χ0n) is 10.4. The Morgan fingerprint density at radius 2 is 2.06 bits per heavy atom. The summed E-state index contributed by atoms with van der Waals surface area (Å²) >= 11 is 3.17. The number of amides is 1. The number of hydrogen-bond donors (Lipinski definition) is 1. The van der Waals surface area contributed by atoms with Crippen molar-refractivity contribution in [3.63, 3.8) is 0 Å². The van der Waals surface area contributed by atoms with Gasteiger partial charge in [0.1, 0.15) is 0 Å². The van der Waals surface area contributed by atoms with Gasteiger partial charge >= 0.3 is 0 Å². The second kappa shape index (κ2) is 4.94. The summed E-state index contributed by atoms with van der Waals surface area (Å²) in [6.07, 6.45) is 0. The number of carbonyl (C=O) groups excluding carboxylic acids is 1. The van der Waals surface area contributed by atoms with Crippen LogP contribution in [0, 0.1) is 20.8 Å². The van der Waals surface area contributed by atoms with Crippen molar-refractivity contribution in [1.82, 2.24) is 4.98 Å². The van der Waals surface area contributed by atoms with Crippen LogP contribution in [0.4, 0.5) is 5.69 Å². The summed E-state index contributed by atoms with van der Waals surface area (Å²) in [4.78, 5) is 16.3. The van der Waals surface area contributed by atoms with Gasteiger partial charge in [0.2, 0.25) is 0 Å². The predicted octanol–water partition coefficient (Wildman–Crippen LogP) is 3.61. The molecule has 2 aromatic rings. The zero-order valence-corrected chi connectivity index (χ0v) is 12.0. The van der Waals surface area contributed by atoms with Crippen LogP contribution in [0.1, 0.15) is 27.5 Å². The number of nitrogens with zero attached hydrogens (tertiary/aromatic N) is 1. The minimum Gasteiger partial charge on any atom is -0.444 e. The van der Waals surface area contributed by atoms with E-state index < -0.39 is 0 Å². The number of rotatable bonds is 2. The summed E-state index contributed by atoms with van der Waals surface area (Å²) in [5.41, 5.74) is 3.45. The average molecular weight is 309 g/mol. The molecule has 2 heterocycles. The molecule has 0 bridgehead atoms. The van der Waals surface area contributed by atoms with Crippen molar-refractivity contribution in [3.8, 4) is 0 Å². The highest BCUT2D eigenvalue weighted by Gasteiger charge is 2.14. The maximum atomic E-state index is 12.0. The Balaban J connectivity index is 2.27. The SMILES string of the molecule is Cc1cc(C)c(NC(=O)c2ccc(Br)o2)c(C)n1. The summed E-state index contributed by atoms with van der Waals surface area (Å²) in [6.45, 7) is 5.73. The van der Waals surface area contributed by atoms with Crippen molar-refractivity contribution in [3.05, 3.63) is 45.6 Å². The molecule has 2 aromatic heterocycles. The molecule has 0 radical (unpaired) electrons. The first kappa shape index (κ1) is 12.8. The smallest absolute Gasteiger partial charge is 0.291 e. The Hall–Kier alpha value is -1.62. The van der Waals surface area contributed by atoms with Crippen LogP contribution < -0.4 is 5.32 Å². The predicted molar refractivity (Wildman–Crippen MR) is 72.8 cm³/mol. The molecule has 0 saturated carbocycles. The number of pyridine rings is 1. The Bertz CT molecular complexity index is 582. The number of aryl methyl sites for hydroxylation is 3. The van der Waals surface area contributed by atoms with Crippen LogP contribution in [0.25, 0.3) is 0 Å². The van der Waals surface area contributed by atoms with Gasteiger partial charge in [-0.1, -0.05) is 0 Å². The highest BCUT2D eigenvalue weighted by molar-refractivity contribution is 9.10. The lowest BCUT2D eigenvalue weighted by Crippen LogP contribution is -2.13. The molecular weight excluding hydrogens is 296 g/mol. The second-order valence-corrected chi connectivity index (χ2v) is 4.88. The molecule has 4 nitrogen and oxygen atoms in total. The van der Waals surface area contributed by atoms with E-state index in [2.05, 4.69) is 26.2 Å². The van der Waals surface area contributed by atoms with Gasteiger partial charge in [0, 0.05) is 5.69 Å². The van der Waals surface area contributed by atoms with E-state index in [9.17, 15) is 4.79 Å². The highest BCUT2D eigenvalue weighted by Crippen LogP contribution is 2.21. The van der Waals surface area contributed by atoms with Gasteiger partial charge in [0.25, 0.3) is 5.91 Å². The second-order valence-electron chi connectivity index (χ2n) is 4.10. The maximum absolute atomic E-state index is 12.0. The molecule has 94 valence electrons. The summed E-state index contributed by atoms with van der Waals surface area (Å²) in [5, 5.41) is 2.82. The number of anilines is 1. The lowest BCUT2D eigenvalue weighted by atomic mass is 10.1. The van der Waals surface area contributed by atoms with E-state index in [0.29, 0.717) is 4.67 Å². The van der Waals surface area contributed by atoms with E-state index in [1.54, 1.807) is 12.1 Å². The van der Waals surface area contributed by atoms with E-state index in [-0.39, 0.29) is 11.7 Å². The molecule has 0 atom stereocenters. The third-order valence-corrected chi connectivity index (χ3v) is 2.99. The zero-order chi connectivity index (χ0) is 13.3. The molecule has 2 rings (SSSR count). The number of carbonyl (C=O) groups is 1. The van der Waals surface area contributed by atoms with Crippen LogP contribution in [0.3, 0.4) is 0 Å². The molecular formula is C13H13BrN2O2. The molecule has 18 heavy (non-hydrogen) atoms. The summed E-state index contributed by atoms with van der Waals surface area (Å²) in [5.74, 6) is -0.0150. The Labute approximate surface area is 114 Å². The first-order chi connectivity index (χ1) is 8.47. The molecule has 0 unspecified atom stereocenters. The molecule has 0 fully saturated rings. The van der Waals surface area contributed by atoms with Gasteiger partial charge in [-0.25, -0.2) is 0 Å². The normalized spacial score (nSPS) is 10.4. The molecule has 0 aliphatic heterocycles. The fourth-order valence-electron chi connectivity index (χ4n) is 1.82. The Kier molecular flexibility index (Phi) is 3.52. The fraction of sp³-hybridized carbons (Fsp3) is 0.231. The van der Waals surface area contributed by atoms with Crippen molar-refractivity contribution in [1.29, 1.82) is 0 Å². The van der Waals surface area contributed by atoms with Crippen molar-refractivity contribution in [2.75, 3.05) is 5.32 Å². The fourth-order valence-corrected chi connectivity index (χ4v) is 2.13. The van der Waals surface area contributed by atoms with E-state index in [0.717, 1.165) is 22.6 Å². The first-order valence-electron chi connectivity index (χ1n) is 5.49.